The van der Waals surface area contributed by atoms with Crippen LogP contribution in [0.5, 0.6) is 0 Å². The molecule has 1 aromatic heterocycles. The smallest absolute Gasteiger partial charge is 0.268 e. The number of nitriles is 1. The summed E-state index contributed by atoms with van der Waals surface area (Å²) in [6.45, 7) is 3.82. The van der Waals surface area contributed by atoms with Crippen LogP contribution < -0.4 is 10.6 Å². The number of hydrogen-bond acceptors (Lipinski definition) is 3. The Balaban J connectivity index is 1.75. The van der Waals surface area contributed by atoms with Gasteiger partial charge in [0.2, 0.25) is 5.91 Å². The van der Waals surface area contributed by atoms with Crippen LogP contribution >= 0.6 is 0 Å². The lowest BCUT2D eigenvalue weighted by Crippen LogP contribution is -2.51. The molecule has 28 heavy (non-hydrogen) atoms. The van der Waals surface area contributed by atoms with Crippen LogP contribution in [0.2, 0.25) is 0 Å². The zero-order chi connectivity index (χ0) is 20.3. The van der Waals surface area contributed by atoms with Crippen molar-refractivity contribution in [2.24, 2.45) is 18.9 Å². The average molecular weight is 380 g/mol. The van der Waals surface area contributed by atoms with Crippen LogP contribution in [0.4, 0.5) is 0 Å². The molecule has 148 valence electrons. The minimum atomic E-state index is -0.510. The van der Waals surface area contributed by atoms with E-state index < -0.39 is 6.04 Å². The van der Waals surface area contributed by atoms with Crippen LogP contribution in [0.3, 0.4) is 0 Å². The summed E-state index contributed by atoms with van der Waals surface area (Å²) >= 11 is 0. The highest BCUT2D eigenvalue weighted by Crippen LogP contribution is 2.26. The summed E-state index contributed by atoms with van der Waals surface area (Å²) in [5, 5.41) is 16.2. The first-order valence-electron chi connectivity index (χ1n) is 9.97. The number of benzene rings is 1. The lowest BCUT2D eigenvalue weighted by molar-refractivity contribution is -0.127. The fourth-order valence-corrected chi connectivity index (χ4v) is 3.97. The van der Waals surface area contributed by atoms with Gasteiger partial charge in [-0.15, -0.1) is 0 Å². The molecule has 0 spiro atoms. The predicted molar refractivity (Wildman–Crippen MR) is 109 cm³/mol. The summed E-state index contributed by atoms with van der Waals surface area (Å²) in [5.41, 5.74) is 1.59. The van der Waals surface area contributed by atoms with Crippen LogP contribution in [-0.4, -0.2) is 28.5 Å². The summed E-state index contributed by atoms with van der Waals surface area (Å²) in [7, 11) is 1.88. The zero-order valence-corrected chi connectivity index (χ0v) is 16.7. The van der Waals surface area contributed by atoms with Crippen LogP contribution in [0.25, 0.3) is 10.9 Å². The lowest BCUT2D eigenvalue weighted by Gasteiger charge is -2.32. The van der Waals surface area contributed by atoms with Gasteiger partial charge in [-0.25, -0.2) is 0 Å². The maximum atomic E-state index is 12.9. The van der Waals surface area contributed by atoms with E-state index in [4.69, 9.17) is 0 Å². The zero-order valence-electron chi connectivity index (χ0n) is 16.7. The molecular weight excluding hydrogens is 352 g/mol. The van der Waals surface area contributed by atoms with E-state index in [1.54, 1.807) is 0 Å². The SMILES string of the molecule is CC(C)C(C#N)NC(=O)C1CCCCC1NC(=O)c1cc2ccccc2n1C. The van der Waals surface area contributed by atoms with E-state index in [1.165, 1.54) is 0 Å². The second-order valence-corrected chi connectivity index (χ2v) is 7.98. The Morgan fingerprint density at radius 1 is 1.21 bits per heavy atom. The van der Waals surface area contributed by atoms with Crippen molar-refractivity contribution >= 4 is 22.7 Å². The highest BCUT2D eigenvalue weighted by Gasteiger charge is 2.34. The second-order valence-electron chi connectivity index (χ2n) is 7.98. The first-order chi connectivity index (χ1) is 13.4. The van der Waals surface area contributed by atoms with E-state index in [0.717, 1.165) is 36.6 Å². The maximum Gasteiger partial charge on any atom is 0.268 e. The number of carbonyl (C=O) groups excluding carboxylic acids is 2. The Morgan fingerprint density at radius 2 is 1.93 bits per heavy atom. The third-order valence-corrected chi connectivity index (χ3v) is 5.71. The Kier molecular flexibility index (Phi) is 6.03. The summed E-state index contributed by atoms with van der Waals surface area (Å²) < 4.78 is 1.88. The van der Waals surface area contributed by atoms with Crippen molar-refractivity contribution in [1.29, 1.82) is 5.26 Å². The van der Waals surface area contributed by atoms with Gasteiger partial charge in [-0.1, -0.05) is 44.9 Å². The second kappa shape index (κ2) is 8.47. The van der Waals surface area contributed by atoms with E-state index in [2.05, 4.69) is 16.7 Å². The minimum Gasteiger partial charge on any atom is -0.347 e. The van der Waals surface area contributed by atoms with Gasteiger partial charge in [-0.05, 0) is 30.9 Å². The van der Waals surface area contributed by atoms with Gasteiger partial charge in [-0.3, -0.25) is 9.59 Å². The number of hydrogen-bond donors (Lipinski definition) is 2. The average Bonchev–Trinajstić information content (AvgIpc) is 3.03. The Bertz CT molecular complexity index is 909. The van der Waals surface area contributed by atoms with Gasteiger partial charge in [-0.2, -0.15) is 5.26 Å². The molecule has 0 radical (unpaired) electrons. The summed E-state index contributed by atoms with van der Waals surface area (Å²) in [6, 6.07) is 11.2. The van der Waals surface area contributed by atoms with E-state index in [9.17, 15) is 14.9 Å². The molecule has 1 saturated carbocycles. The number of fused-ring (bicyclic) bond motifs is 1. The number of aromatic nitrogens is 1. The molecule has 3 atom stereocenters. The molecule has 6 nitrogen and oxygen atoms in total. The molecule has 1 fully saturated rings. The number of nitrogens with zero attached hydrogens (tertiary/aromatic N) is 2. The molecule has 2 amide bonds. The molecule has 1 aliphatic carbocycles. The maximum absolute atomic E-state index is 12.9. The van der Waals surface area contributed by atoms with Crippen molar-refractivity contribution in [3.8, 4) is 6.07 Å². The van der Waals surface area contributed by atoms with Crippen molar-refractivity contribution in [3.05, 3.63) is 36.0 Å². The largest absolute Gasteiger partial charge is 0.347 e. The number of aryl methyl sites for hydroxylation is 1. The molecule has 0 aliphatic heterocycles. The van der Waals surface area contributed by atoms with Crippen molar-refractivity contribution in [3.63, 3.8) is 0 Å². The number of amides is 2. The fraction of sp³-hybridized carbons (Fsp3) is 0.500. The normalized spacial score (nSPS) is 20.5. The van der Waals surface area contributed by atoms with Crippen molar-refractivity contribution < 1.29 is 9.59 Å². The van der Waals surface area contributed by atoms with Crippen LogP contribution in [0, 0.1) is 23.2 Å². The van der Waals surface area contributed by atoms with E-state index in [1.807, 2.05) is 55.8 Å². The van der Waals surface area contributed by atoms with E-state index >= 15 is 0 Å². The van der Waals surface area contributed by atoms with Gasteiger partial charge in [0.25, 0.3) is 5.91 Å². The van der Waals surface area contributed by atoms with Crippen molar-refractivity contribution in [2.45, 2.75) is 51.6 Å². The molecular formula is C22H28N4O2. The molecule has 1 heterocycles. The summed E-state index contributed by atoms with van der Waals surface area (Å²) in [5.74, 6) is -0.560. The molecule has 1 aliphatic rings. The van der Waals surface area contributed by atoms with Gasteiger partial charge in [0.1, 0.15) is 11.7 Å². The highest BCUT2D eigenvalue weighted by molar-refractivity contribution is 5.99. The Labute approximate surface area is 165 Å². The molecule has 1 aromatic carbocycles. The molecule has 2 N–H and O–H groups in total. The first kappa shape index (κ1) is 19.9. The van der Waals surface area contributed by atoms with E-state index in [0.29, 0.717) is 5.69 Å². The number of nitrogens with one attached hydrogen (secondary N) is 2. The highest BCUT2D eigenvalue weighted by atomic mass is 16.2. The molecule has 6 heteroatoms. The monoisotopic (exact) mass is 380 g/mol. The summed E-state index contributed by atoms with van der Waals surface area (Å²) in [6.07, 6.45) is 3.43. The van der Waals surface area contributed by atoms with Gasteiger partial charge in [0.15, 0.2) is 0 Å². The molecule has 0 bridgehead atoms. The number of carbonyl (C=O) groups is 2. The van der Waals surface area contributed by atoms with Crippen molar-refractivity contribution in [1.82, 2.24) is 15.2 Å². The summed E-state index contributed by atoms with van der Waals surface area (Å²) in [4.78, 5) is 25.7. The quantitative estimate of drug-likeness (QED) is 0.835. The first-order valence-corrected chi connectivity index (χ1v) is 9.97. The number of para-hydroxylation sites is 1. The van der Waals surface area contributed by atoms with Crippen LogP contribution in [0.1, 0.15) is 50.0 Å². The van der Waals surface area contributed by atoms with Gasteiger partial charge in [0, 0.05) is 24.0 Å². The molecule has 3 rings (SSSR count). The van der Waals surface area contributed by atoms with Gasteiger partial charge >= 0.3 is 0 Å². The molecule has 2 aromatic rings. The Hall–Kier alpha value is -2.81. The number of rotatable bonds is 5. The third kappa shape index (κ3) is 4.04. The van der Waals surface area contributed by atoms with Crippen molar-refractivity contribution in [2.75, 3.05) is 0 Å². The predicted octanol–water partition coefficient (Wildman–Crippen LogP) is 3.13. The van der Waals surface area contributed by atoms with Crippen LogP contribution in [0.15, 0.2) is 30.3 Å². The fourth-order valence-electron chi connectivity index (χ4n) is 3.97. The Morgan fingerprint density at radius 3 is 2.61 bits per heavy atom. The topological polar surface area (TPSA) is 86.9 Å². The standard InChI is InChI=1S/C22H28N4O2/c1-14(2)18(13-23)25-21(27)16-9-5-6-10-17(16)24-22(28)20-12-15-8-4-7-11-19(15)26(20)3/h4,7-8,11-12,14,16-18H,5-6,9-10H2,1-3H3,(H,24,28)(H,25,27). The van der Waals surface area contributed by atoms with E-state index in [-0.39, 0.29) is 29.7 Å². The minimum absolute atomic E-state index is 0.0429. The molecule has 0 saturated heterocycles. The van der Waals surface area contributed by atoms with Crippen LogP contribution in [-0.2, 0) is 11.8 Å². The lowest BCUT2D eigenvalue weighted by atomic mass is 9.83. The van der Waals surface area contributed by atoms with Gasteiger partial charge < -0.3 is 15.2 Å². The molecule has 3 unspecified atom stereocenters. The third-order valence-electron chi connectivity index (χ3n) is 5.71. The van der Waals surface area contributed by atoms with Gasteiger partial charge in [0.05, 0.1) is 12.0 Å².